The van der Waals surface area contributed by atoms with Crippen LogP contribution in [0.5, 0.6) is 5.75 Å². The zero-order valence-electron chi connectivity index (χ0n) is 11.8. The molecule has 0 aliphatic rings. The smallest absolute Gasteiger partial charge is 0.122 e. The Hall–Kier alpha value is -2.49. The van der Waals surface area contributed by atoms with E-state index in [-0.39, 0.29) is 5.84 Å². The van der Waals surface area contributed by atoms with Crippen molar-refractivity contribution in [2.75, 3.05) is 19.0 Å². The number of nitrogens with one attached hydrogen (secondary N) is 1. The Balaban J connectivity index is 2.01. The van der Waals surface area contributed by atoms with Crippen LogP contribution in [0.15, 0.2) is 48.5 Å². The van der Waals surface area contributed by atoms with Crippen molar-refractivity contribution in [1.82, 2.24) is 0 Å². The van der Waals surface area contributed by atoms with Crippen LogP contribution < -0.4 is 15.4 Å². The first-order valence-electron chi connectivity index (χ1n) is 6.40. The lowest BCUT2D eigenvalue weighted by Crippen LogP contribution is -2.10. The maximum absolute atomic E-state index is 7.34. The standard InChI is InChI=1S/C16H19N3O/c1-19(2)14-5-3-4-12(10-14)11-20-15-8-6-13(7-9-15)16(17)18/h3-10H,11H2,1-2H3,(H3,17,18). The minimum Gasteiger partial charge on any atom is -0.489 e. The number of hydrogen-bond donors (Lipinski definition) is 2. The molecule has 0 bridgehead atoms. The fourth-order valence-corrected chi connectivity index (χ4v) is 1.82. The van der Waals surface area contributed by atoms with Crippen molar-refractivity contribution in [3.63, 3.8) is 0 Å². The molecule has 0 spiro atoms. The Kier molecular flexibility index (Phi) is 4.25. The van der Waals surface area contributed by atoms with E-state index >= 15 is 0 Å². The molecule has 0 aliphatic heterocycles. The van der Waals surface area contributed by atoms with Gasteiger partial charge < -0.3 is 15.4 Å². The van der Waals surface area contributed by atoms with Crippen LogP contribution in [0.1, 0.15) is 11.1 Å². The molecule has 0 heterocycles. The lowest BCUT2D eigenvalue weighted by Gasteiger charge is -2.14. The van der Waals surface area contributed by atoms with Gasteiger partial charge in [0.15, 0.2) is 0 Å². The van der Waals surface area contributed by atoms with E-state index in [1.54, 1.807) is 12.1 Å². The Labute approximate surface area is 119 Å². The SMILES string of the molecule is CN(C)c1cccc(COc2ccc(C(=N)N)cc2)c1. The van der Waals surface area contributed by atoms with Crippen molar-refractivity contribution < 1.29 is 4.74 Å². The molecular formula is C16H19N3O. The molecule has 0 radical (unpaired) electrons. The highest BCUT2D eigenvalue weighted by Gasteiger charge is 2.01. The molecule has 0 amide bonds. The van der Waals surface area contributed by atoms with Crippen LogP contribution in [0.3, 0.4) is 0 Å². The van der Waals surface area contributed by atoms with Gasteiger partial charge in [0.1, 0.15) is 18.2 Å². The number of amidine groups is 1. The Bertz CT molecular complexity index is 591. The number of anilines is 1. The van der Waals surface area contributed by atoms with Gasteiger partial charge in [-0.05, 0) is 42.0 Å². The number of nitrogen functional groups attached to an aromatic ring is 1. The van der Waals surface area contributed by atoms with Crippen molar-refractivity contribution in [3.8, 4) is 5.75 Å². The summed E-state index contributed by atoms with van der Waals surface area (Å²) in [6.07, 6.45) is 0. The second-order valence-electron chi connectivity index (χ2n) is 4.79. The average molecular weight is 269 g/mol. The zero-order valence-corrected chi connectivity index (χ0v) is 11.8. The molecule has 4 nitrogen and oxygen atoms in total. The van der Waals surface area contributed by atoms with Crippen LogP contribution in [0.2, 0.25) is 0 Å². The van der Waals surface area contributed by atoms with Crippen LogP contribution >= 0.6 is 0 Å². The number of hydrogen-bond acceptors (Lipinski definition) is 3. The molecule has 0 aromatic heterocycles. The first kappa shape index (κ1) is 13.9. The number of benzene rings is 2. The molecule has 0 aliphatic carbocycles. The first-order chi connectivity index (χ1) is 9.56. The predicted octanol–water partition coefficient (Wildman–Crippen LogP) is 2.62. The molecule has 3 N–H and O–H groups in total. The molecule has 104 valence electrons. The highest BCUT2D eigenvalue weighted by atomic mass is 16.5. The minimum atomic E-state index is 0.0650. The minimum absolute atomic E-state index is 0.0650. The van der Waals surface area contributed by atoms with Crippen LogP contribution in [-0.2, 0) is 6.61 Å². The largest absolute Gasteiger partial charge is 0.489 e. The molecule has 2 rings (SSSR count). The van der Waals surface area contributed by atoms with Crippen molar-refractivity contribution in [2.45, 2.75) is 6.61 Å². The summed E-state index contributed by atoms with van der Waals surface area (Å²) in [5, 5.41) is 7.34. The quantitative estimate of drug-likeness (QED) is 0.648. The fourth-order valence-electron chi connectivity index (χ4n) is 1.82. The highest BCUT2D eigenvalue weighted by molar-refractivity contribution is 5.94. The normalized spacial score (nSPS) is 10.1. The number of nitrogens with two attached hydrogens (primary N) is 1. The summed E-state index contributed by atoms with van der Waals surface area (Å²) < 4.78 is 5.73. The summed E-state index contributed by atoms with van der Waals surface area (Å²) in [7, 11) is 4.03. The van der Waals surface area contributed by atoms with Gasteiger partial charge in [-0.2, -0.15) is 0 Å². The summed E-state index contributed by atoms with van der Waals surface area (Å²) in [6, 6.07) is 15.4. The van der Waals surface area contributed by atoms with E-state index in [2.05, 4.69) is 17.0 Å². The second kappa shape index (κ2) is 6.10. The third kappa shape index (κ3) is 3.51. The van der Waals surface area contributed by atoms with Crippen LogP contribution in [-0.4, -0.2) is 19.9 Å². The molecule has 0 saturated carbocycles. The Morgan fingerprint density at radius 3 is 2.45 bits per heavy atom. The van der Waals surface area contributed by atoms with Crippen molar-refractivity contribution in [2.24, 2.45) is 5.73 Å². The first-order valence-corrected chi connectivity index (χ1v) is 6.40. The maximum atomic E-state index is 7.34. The van der Waals surface area contributed by atoms with E-state index in [0.29, 0.717) is 12.2 Å². The third-order valence-electron chi connectivity index (χ3n) is 3.00. The van der Waals surface area contributed by atoms with Gasteiger partial charge >= 0.3 is 0 Å². The molecule has 20 heavy (non-hydrogen) atoms. The van der Waals surface area contributed by atoms with Crippen molar-refractivity contribution in [1.29, 1.82) is 5.41 Å². The fraction of sp³-hybridized carbons (Fsp3) is 0.188. The molecule has 4 heteroatoms. The summed E-state index contributed by atoms with van der Waals surface area (Å²) in [4.78, 5) is 2.06. The Morgan fingerprint density at radius 1 is 1.15 bits per heavy atom. The van der Waals surface area contributed by atoms with E-state index in [1.807, 2.05) is 38.4 Å². The molecule has 0 saturated heterocycles. The van der Waals surface area contributed by atoms with Gasteiger partial charge in [-0.3, -0.25) is 5.41 Å². The van der Waals surface area contributed by atoms with Crippen LogP contribution in [0, 0.1) is 5.41 Å². The summed E-state index contributed by atoms with van der Waals surface area (Å²) >= 11 is 0. The number of ether oxygens (including phenoxy) is 1. The van der Waals surface area contributed by atoms with Gasteiger partial charge in [-0.15, -0.1) is 0 Å². The highest BCUT2D eigenvalue weighted by Crippen LogP contribution is 2.17. The monoisotopic (exact) mass is 269 g/mol. The summed E-state index contributed by atoms with van der Waals surface area (Å²) in [5.74, 6) is 0.834. The molecular weight excluding hydrogens is 250 g/mol. The maximum Gasteiger partial charge on any atom is 0.122 e. The van der Waals surface area contributed by atoms with Crippen molar-refractivity contribution in [3.05, 3.63) is 59.7 Å². The molecule has 0 unspecified atom stereocenters. The van der Waals surface area contributed by atoms with E-state index in [4.69, 9.17) is 15.9 Å². The van der Waals surface area contributed by atoms with Crippen LogP contribution in [0.25, 0.3) is 0 Å². The second-order valence-corrected chi connectivity index (χ2v) is 4.79. The molecule has 2 aromatic rings. The van der Waals surface area contributed by atoms with Gasteiger partial charge in [-0.1, -0.05) is 12.1 Å². The molecule has 0 fully saturated rings. The van der Waals surface area contributed by atoms with E-state index < -0.39 is 0 Å². The molecule has 2 aromatic carbocycles. The van der Waals surface area contributed by atoms with Gasteiger partial charge in [-0.25, -0.2) is 0 Å². The Morgan fingerprint density at radius 2 is 1.85 bits per heavy atom. The van der Waals surface area contributed by atoms with Gasteiger partial charge in [0.05, 0.1) is 0 Å². The molecule has 0 atom stereocenters. The lowest BCUT2D eigenvalue weighted by molar-refractivity contribution is 0.306. The summed E-state index contributed by atoms with van der Waals surface area (Å²) in [6.45, 7) is 0.515. The lowest BCUT2D eigenvalue weighted by atomic mass is 10.2. The van der Waals surface area contributed by atoms with Gasteiger partial charge in [0.2, 0.25) is 0 Å². The number of rotatable bonds is 5. The third-order valence-corrected chi connectivity index (χ3v) is 3.00. The van der Waals surface area contributed by atoms with E-state index in [9.17, 15) is 0 Å². The number of nitrogens with zero attached hydrogens (tertiary/aromatic N) is 1. The topological polar surface area (TPSA) is 62.3 Å². The zero-order chi connectivity index (χ0) is 14.5. The van der Waals surface area contributed by atoms with E-state index in [0.717, 1.165) is 17.0 Å². The van der Waals surface area contributed by atoms with Crippen LogP contribution in [0.4, 0.5) is 5.69 Å². The van der Waals surface area contributed by atoms with Crippen molar-refractivity contribution >= 4 is 11.5 Å². The average Bonchev–Trinajstić information content (AvgIpc) is 2.46. The predicted molar refractivity (Wildman–Crippen MR) is 82.6 cm³/mol. The van der Waals surface area contributed by atoms with E-state index in [1.165, 1.54) is 0 Å². The van der Waals surface area contributed by atoms with Gasteiger partial charge in [0, 0.05) is 25.3 Å². The van der Waals surface area contributed by atoms with Gasteiger partial charge in [0.25, 0.3) is 0 Å². The summed E-state index contributed by atoms with van der Waals surface area (Å²) in [5.41, 5.74) is 8.38.